The predicted octanol–water partition coefficient (Wildman–Crippen LogP) is 2.77. The van der Waals surface area contributed by atoms with Gasteiger partial charge in [-0.2, -0.15) is 4.31 Å². The Morgan fingerprint density at radius 1 is 1.00 bits per heavy atom. The number of nitrogens with one attached hydrogen (secondary N) is 1. The Morgan fingerprint density at radius 2 is 1.62 bits per heavy atom. The monoisotopic (exact) mass is 486 g/mol. The summed E-state index contributed by atoms with van der Waals surface area (Å²) in [6.45, 7) is 6.97. The van der Waals surface area contributed by atoms with Gasteiger partial charge in [-0.05, 0) is 68.8 Å². The molecule has 2 aliphatic heterocycles. The summed E-state index contributed by atoms with van der Waals surface area (Å²) in [6, 6.07) is 14.5. The largest absolute Gasteiger partial charge is 0.378 e. The first-order valence-electron chi connectivity index (χ1n) is 11.9. The van der Waals surface area contributed by atoms with Gasteiger partial charge in [-0.15, -0.1) is 0 Å². The Hall–Kier alpha value is -2.46. The number of sulfonamides is 1. The molecule has 1 amide bonds. The molecule has 0 bridgehead atoms. The molecular weight excluding hydrogens is 452 g/mol. The third-order valence-corrected chi connectivity index (χ3v) is 8.52. The SMILES string of the molecule is C[C@H](C(=O)Nc1ccc(S(=O)(=O)N2CCCC2)cc1)N(C)Cc1ccc(N2CCOCC2)cc1. The normalized spacial score (nSPS) is 18.3. The highest BCUT2D eigenvalue weighted by Gasteiger charge is 2.27. The molecule has 2 aromatic rings. The Bertz CT molecular complexity index is 1060. The molecule has 2 aliphatic rings. The summed E-state index contributed by atoms with van der Waals surface area (Å²) >= 11 is 0. The molecule has 9 heteroatoms. The number of ether oxygens (including phenoxy) is 1. The second-order valence-electron chi connectivity index (χ2n) is 8.98. The third kappa shape index (κ3) is 5.78. The van der Waals surface area contributed by atoms with Gasteiger partial charge >= 0.3 is 0 Å². The first kappa shape index (κ1) is 24.7. The molecule has 0 aliphatic carbocycles. The average molecular weight is 487 g/mol. The van der Waals surface area contributed by atoms with Gasteiger partial charge in [0.25, 0.3) is 0 Å². The molecule has 0 radical (unpaired) electrons. The zero-order chi connectivity index (χ0) is 24.1. The minimum Gasteiger partial charge on any atom is -0.378 e. The molecule has 184 valence electrons. The van der Waals surface area contributed by atoms with Crippen molar-refractivity contribution in [2.24, 2.45) is 0 Å². The van der Waals surface area contributed by atoms with Crippen molar-refractivity contribution in [1.82, 2.24) is 9.21 Å². The average Bonchev–Trinajstić information content (AvgIpc) is 3.41. The summed E-state index contributed by atoms with van der Waals surface area (Å²) in [4.78, 5) is 17.4. The van der Waals surface area contributed by atoms with Crippen molar-refractivity contribution in [2.75, 3.05) is 56.7 Å². The van der Waals surface area contributed by atoms with Crippen LogP contribution >= 0.6 is 0 Å². The number of nitrogens with zero attached hydrogens (tertiary/aromatic N) is 3. The van der Waals surface area contributed by atoms with Crippen LogP contribution in [0.25, 0.3) is 0 Å². The van der Waals surface area contributed by atoms with Gasteiger partial charge in [0.1, 0.15) is 0 Å². The van der Waals surface area contributed by atoms with Crippen LogP contribution in [0.4, 0.5) is 11.4 Å². The number of carbonyl (C=O) groups excluding carboxylic acids is 1. The first-order valence-corrected chi connectivity index (χ1v) is 13.3. The molecule has 0 saturated carbocycles. The Balaban J connectivity index is 1.31. The lowest BCUT2D eigenvalue weighted by molar-refractivity contribution is -0.120. The number of benzene rings is 2. The van der Waals surface area contributed by atoms with Crippen LogP contribution in [0.15, 0.2) is 53.4 Å². The Labute approximate surface area is 202 Å². The molecular formula is C25H34N4O4S. The van der Waals surface area contributed by atoms with Gasteiger partial charge in [0.05, 0.1) is 24.2 Å². The molecule has 0 aromatic heterocycles. The summed E-state index contributed by atoms with van der Waals surface area (Å²) in [5.41, 5.74) is 2.91. The molecule has 0 spiro atoms. The van der Waals surface area contributed by atoms with Crippen molar-refractivity contribution in [2.45, 2.75) is 37.2 Å². The quantitative estimate of drug-likeness (QED) is 0.618. The fourth-order valence-electron chi connectivity index (χ4n) is 4.29. The summed E-state index contributed by atoms with van der Waals surface area (Å²) in [7, 11) is -1.53. The van der Waals surface area contributed by atoms with Crippen molar-refractivity contribution in [3.05, 3.63) is 54.1 Å². The molecule has 4 rings (SSSR count). The summed E-state index contributed by atoms with van der Waals surface area (Å²) in [6.07, 6.45) is 1.80. The lowest BCUT2D eigenvalue weighted by Crippen LogP contribution is -2.39. The highest BCUT2D eigenvalue weighted by Crippen LogP contribution is 2.23. The third-order valence-electron chi connectivity index (χ3n) is 6.61. The molecule has 2 fully saturated rings. The van der Waals surface area contributed by atoms with E-state index in [9.17, 15) is 13.2 Å². The first-order chi connectivity index (χ1) is 16.3. The summed E-state index contributed by atoms with van der Waals surface area (Å²) in [5.74, 6) is -0.136. The number of rotatable bonds is 8. The minimum absolute atomic E-state index is 0.136. The maximum atomic E-state index is 12.8. The zero-order valence-corrected chi connectivity index (χ0v) is 20.8. The number of amides is 1. The lowest BCUT2D eigenvalue weighted by Gasteiger charge is -2.29. The molecule has 1 N–H and O–H groups in total. The highest BCUT2D eigenvalue weighted by molar-refractivity contribution is 7.89. The van der Waals surface area contributed by atoms with Crippen molar-refractivity contribution in [1.29, 1.82) is 0 Å². The maximum absolute atomic E-state index is 12.8. The molecule has 2 saturated heterocycles. The van der Waals surface area contributed by atoms with Crippen molar-refractivity contribution < 1.29 is 17.9 Å². The van der Waals surface area contributed by atoms with Crippen LogP contribution in [-0.2, 0) is 26.1 Å². The number of hydrogen-bond donors (Lipinski definition) is 1. The van der Waals surface area contributed by atoms with Gasteiger partial charge in [0.15, 0.2) is 0 Å². The number of anilines is 2. The van der Waals surface area contributed by atoms with Gasteiger partial charge < -0.3 is 15.0 Å². The number of hydrogen-bond acceptors (Lipinski definition) is 6. The minimum atomic E-state index is -3.46. The van der Waals surface area contributed by atoms with Crippen LogP contribution in [0.3, 0.4) is 0 Å². The van der Waals surface area contributed by atoms with Crippen molar-refractivity contribution in [3.8, 4) is 0 Å². The van der Waals surface area contributed by atoms with Gasteiger partial charge in [0, 0.05) is 44.1 Å². The maximum Gasteiger partial charge on any atom is 0.243 e. The van der Waals surface area contributed by atoms with E-state index in [-0.39, 0.29) is 16.8 Å². The van der Waals surface area contributed by atoms with Crippen LogP contribution in [0.5, 0.6) is 0 Å². The zero-order valence-electron chi connectivity index (χ0n) is 19.9. The number of morpholine rings is 1. The van der Waals surface area contributed by atoms with Gasteiger partial charge in [-0.3, -0.25) is 9.69 Å². The molecule has 8 nitrogen and oxygen atoms in total. The molecule has 2 aromatic carbocycles. The van der Waals surface area contributed by atoms with E-state index in [1.807, 2.05) is 18.9 Å². The Morgan fingerprint density at radius 3 is 2.24 bits per heavy atom. The second kappa shape index (κ2) is 10.9. The summed E-state index contributed by atoms with van der Waals surface area (Å²) in [5, 5.41) is 2.90. The van der Waals surface area contributed by atoms with Crippen LogP contribution in [-0.4, -0.2) is 76.0 Å². The van der Waals surface area contributed by atoms with E-state index in [1.165, 1.54) is 9.99 Å². The van der Waals surface area contributed by atoms with Gasteiger partial charge in [-0.25, -0.2) is 8.42 Å². The fraction of sp³-hybridized carbons (Fsp3) is 0.480. The fourth-order valence-corrected chi connectivity index (χ4v) is 5.81. The van der Waals surface area contributed by atoms with Crippen LogP contribution in [0.1, 0.15) is 25.3 Å². The molecule has 34 heavy (non-hydrogen) atoms. The van der Waals surface area contributed by atoms with E-state index in [1.54, 1.807) is 24.3 Å². The van der Waals surface area contributed by atoms with Crippen LogP contribution in [0, 0.1) is 0 Å². The molecule has 1 atom stereocenters. The van der Waals surface area contributed by atoms with Crippen molar-refractivity contribution >= 4 is 27.3 Å². The van der Waals surface area contributed by atoms with E-state index >= 15 is 0 Å². The highest BCUT2D eigenvalue weighted by atomic mass is 32.2. The lowest BCUT2D eigenvalue weighted by atomic mass is 10.1. The standard InChI is InChI=1S/C25H34N4O4S/c1-20(27(2)19-21-5-9-23(10-6-21)28-15-17-33-18-16-28)25(30)26-22-7-11-24(12-8-22)34(31,32)29-13-3-4-14-29/h5-12,20H,3-4,13-19H2,1-2H3,(H,26,30)/t20-/m1/s1. The van der Waals surface area contributed by atoms with E-state index in [0.717, 1.165) is 44.7 Å². The Kier molecular flexibility index (Phi) is 7.88. The summed E-state index contributed by atoms with van der Waals surface area (Å²) < 4.78 is 32.3. The molecule has 0 unspecified atom stereocenters. The van der Waals surface area contributed by atoms with Crippen LogP contribution < -0.4 is 10.2 Å². The van der Waals surface area contributed by atoms with Gasteiger partial charge in [-0.1, -0.05) is 12.1 Å². The second-order valence-corrected chi connectivity index (χ2v) is 10.9. The topological polar surface area (TPSA) is 82.2 Å². The van der Waals surface area contributed by atoms with E-state index in [0.29, 0.717) is 25.3 Å². The van der Waals surface area contributed by atoms with Crippen LogP contribution in [0.2, 0.25) is 0 Å². The predicted molar refractivity (Wildman–Crippen MR) is 133 cm³/mol. The van der Waals surface area contributed by atoms with E-state index < -0.39 is 10.0 Å². The number of likely N-dealkylation sites (N-methyl/N-ethyl adjacent to an activating group) is 1. The van der Waals surface area contributed by atoms with E-state index in [4.69, 9.17) is 4.74 Å². The van der Waals surface area contributed by atoms with Gasteiger partial charge in [0.2, 0.25) is 15.9 Å². The molecule has 2 heterocycles. The van der Waals surface area contributed by atoms with Crippen molar-refractivity contribution in [3.63, 3.8) is 0 Å². The van der Waals surface area contributed by atoms with E-state index in [2.05, 4.69) is 34.5 Å². The smallest absolute Gasteiger partial charge is 0.243 e. The number of carbonyl (C=O) groups is 1.